The number of aryl methyl sites for hydroxylation is 1. The van der Waals surface area contributed by atoms with E-state index in [9.17, 15) is 80.5 Å². The standard InChI is InChI=1S/C42H34O21/c43-20(7-6-15-4-2-1-3-5-15)30-21(44)10-17(11-22(30)45)60-42-36(55)38(63-39(56)16-8-23(46)31(50)24(47)9-16)37-27(61-42)14-59-40(57)18-12-25(48)32(51)34(53)28(18)29-19(41(58)62-37)13-26(49)33(52)35(29)54/h1-5,8-13,27,36-38,42,44-55H,6-7,14H2/t27-,36-,37-,38-,42-/m1/s1. The number of fused-ring (bicyclic) bond motifs is 4. The first-order valence-electron chi connectivity index (χ1n) is 18.4. The minimum atomic E-state index is -2.30. The zero-order chi connectivity index (χ0) is 45.6. The number of hydrogen-bond acceptors (Lipinski definition) is 21. The molecule has 0 amide bonds. The van der Waals surface area contributed by atoms with Gasteiger partial charge in [0.25, 0.3) is 0 Å². The SMILES string of the molecule is O=C(O[C@@H]1[C@@H](O)[C@H](Oc2cc(O)c(C(=O)CCc3ccccc3)c(O)c2)O[C@@H]2COC(=O)c3cc(O)c(O)c(O)c3-c3c(cc(O)c(O)c3O)C(=O)O[C@@H]12)c1cc(O)c(O)c(O)c1. The van der Waals surface area contributed by atoms with Gasteiger partial charge in [0.2, 0.25) is 17.8 Å². The maximum absolute atomic E-state index is 14.1. The van der Waals surface area contributed by atoms with Gasteiger partial charge in [-0.1, -0.05) is 30.3 Å². The summed E-state index contributed by atoms with van der Waals surface area (Å²) in [6.45, 7) is -1.05. The van der Waals surface area contributed by atoms with E-state index < -0.39 is 163 Å². The minimum Gasteiger partial charge on any atom is -0.507 e. The molecule has 0 saturated carbocycles. The molecule has 0 aromatic heterocycles. The Labute approximate surface area is 352 Å². The number of cyclic esters (lactones) is 1. The fourth-order valence-electron chi connectivity index (χ4n) is 6.96. The number of ketones is 1. The van der Waals surface area contributed by atoms with E-state index in [1.807, 2.05) is 0 Å². The molecule has 5 aromatic rings. The summed E-state index contributed by atoms with van der Waals surface area (Å²) in [7, 11) is 0. The predicted octanol–water partition coefficient (Wildman–Crippen LogP) is 3.02. The number of esters is 3. The maximum Gasteiger partial charge on any atom is 0.339 e. The number of carbonyl (C=O) groups is 4. The van der Waals surface area contributed by atoms with Crippen molar-refractivity contribution in [3.8, 4) is 80.1 Å². The van der Waals surface area contributed by atoms with Crippen LogP contribution in [0.5, 0.6) is 69.0 Å². The number of aromatic hydroxyl groups is 11. The van der Waals surface area contributed by atoms with Crippen LogP contribution in [0.4, 0.5) is 0 Å². The van der Waals surface area contributed by atoms with Crippen molar-refractivity contribution >= 4 is 23.7 Å². The number of Topliss-reactive ketones (excluding diaryl/α,β-unsaturated/α-hetero) is 1. The van der Waals surface area contributed by atoms with E-state index in [-0.39, 0.29) is 12.8 Å². The molecule has 63 heavy (non-hydrogen) atoms. The zero-order valence-electron chi connectivity index (χ0n) is 31.9. The van der Waals surface area contributed by atoms with Gasteiger partial charge in [-0.3, -0.25) is 4.79 Å². The highest BCUT2D eigenvalue weighted by Crippen LogP contribution is 2.53. The van der Waals surface area contributed by atoms with E-state index in [0.29, 0.717) is 24.3 Å². The lowest BCUT2D eigenvalue weighted by Crippen LogP contribution is -2.62. The lowest BCUT2D eigenvalue weighted by atomic mass is 9.92. The van der Waals surface area contributed by atoms with Crippen LogP contribution in [-0.2, 0) is 25.4 Å². The number of rotatable bonds is 8. The molecule has 1 saturated heterocycles. The molecule has 2 aliphatic heterocycles. The summed E-state index contributed by atoms with van der Waals surface area (Å²) in [5.41, 5.74) is -4.07. The molecule has 0 spiro atoms. The highest BCUT2D eigenvalue weighted by atomic mass is 16.7. The molecule has 5 atom stereocenters. The van der Waals surface area contributed by atoms with Crippen molar-refractivity contribution in [3.05, 3.63) is 94.5 Å². The average molecular weight is 875 g/mol. The average Bonchev–Trinajstić information content (AvgIpc) is 3.25. The predicted molar refractivity (Wildman–Crippen MR) is 206 cm³/mol. The minimum absolute atomic E-state index is 0.129. The summed E-state index contributed by atoms with van der Waals surface area (Å²) in [5, 5.41) is 127. The van der Waals surface area contributed by atoms with E-state index in [1.54, 1.807) is 30.3 Å². The summed E-state index contributed by atoms with van der Waals surface area (Å²) in [6, 6.07) is 13.0. The molecular formula is C42H34O21. The molecule has 21 nitrogen and oxygen atoms in total. The Morgan fingerprint density at radius 2 is 1.19 bits per heavy atom. The maximum atomic E-state index is 14.1. The van der Waals surface area contributed by atoms with Gasteiger partial charge in [0.05, 0.1) is 16.7 Å². The van der Waals surface area contributed by atoms with E-state index in [2.05, 4.69) is 0 Å². The molecule has 5 aromatic carbocycles. The van der Waals surface area contributed by atoms with Gasteiger partial charge < -0.3 is 85.0 Å². The monoisotopic (exact) mass is 874 g/mol. The van der Waals surface area contributed by atoms with E-state index >= 15 is 0 Å². The van der Waals surface area contributed by atoms with Crippen LogP contribution >= 0.6 is 0 Å². The van der Waals surface area contributed by atoms with Gasteiger partial charge in [-0.05, 0) is 36.2 Å². The summed E-state index contributed by atoms with van der Waals surface area (Å²) < 4.78 is 28.1. The van der Waals surface area contributed by atoms with Gasteiger partial charge in [-0.15, -0.1) is 0 Å². The van der Waals surface area contributed by atoms with Gasteiger partial charge >= 0.3 is 17.9 Å². The zero-order valence-corrected chi connectivity index (χ0v) is 31.9. The van der Waals surface area contributed by atoms with Crippen LogP contribution in [0.1, 0.15) is 53.4 Å². The normalized spacial score (nSPS) is 19.5. The highest BCUT2D eigenvalue weighted by molar-refractivity contribution is 6.08. The second kappa shape index (κ2) is 16.6. The van der Waals surface area contributed by atoms with Crippen molar-refractivity contribution in [2.75, 3.05) is 6.61 Å². The van der Waals surface area contributed by atoms with Crippen molar-refractivity contribution in [2.45, 2.75) is 43.5 Å². The number of benzene rings is 5. The van der Waals surface area contributed by atoms with Crippen molar-refractivity contribution in [3.63, 3.8) is 0 Å². The molecule has 328 valence electrons. The Morgan fingerprint density at radius 1 is 0.651 bits per heavy atom. The molecule has 0 radical (unpaired) electrons. The first-order valence-corrected chi connectivity index (χ1v) is 18.4. The Kier molecular flexibility index (Phi) is 11.3. The third-order valence-electron chi connectivity index (χ3n) is 10.1. The molecular weight excluding hydrogens is 840 g/mol. The van der Waals surface area contributed by atoms with E-state index in [4.69, 9.17) is 23.7 Å². The van der Waals surface area contributed by atoms with Crippen LogP contribution in [0.25, 0.3) is 11.1 Å². The first-order chi connectivity index (χ1) is 29.9. The third-order valence-corrected chi connectivity index (χ3v) is 10.1. The Bertz CT molecular complexity index is 2630. The van der Waals surface area contributed by atoms with Gasteiger partial charge in [-0.2, -0.15) is 0 Å². The Hall–Kier alpha value is -8.30. The van der Waals surface area contributed by atoms with Gasteiger partial charge in [-0.25, -0.2) is 14.4 Å². The van der Waals surface area contributed by atoms with Crippen LogP contribution in [0.3, 0.4) is 0 Å². The molecule has 21 heteroatoms. The summed E-state index contributed by atoms with van der Waals surface area (Å²) in [4.78, 5) is 54.5. The number of phenols is 11. The quantitative estimate of drug-likeness (QED) is 0.0461. The fraction of sp³-hybridized carbons (Fsp3) is 0.190. The van der Waals surface area contributed by atoms with Gasteiger partial charge in [0.15, 0.2) is 64.3 Å². The van der Waals surface area contributed by atoms with Crippen LogP contribution in [-0.4, -0.2) is 122 Å². The molecule has 0 unspecified atom stereocenters. The van der Waals surface area contributed by atoms with Gasteiger partial charge in [0.1, 0.15) is 35.5 Å². The number of aliphatic hydroxyl groups is 1. The summed E-state index contributed by atoms with van der Waals surface area (Å²) >= 11 is 0. The highest BCUT2D eigenvalue weighted by Gasteiger charge is 2.52. The second-order valence-corrected chi connectivity index (χ2v) is 14.1. The number of hydrogen-bond donors (Lipinski definition) is 12. The lowest BCUT2D eigenvalue weighted by Gasteiger charge is -2.43. The second-order valence-electron chi connectivity index (χ2n) is 14.1. The molecule has 0 aliphatic carbocycles. The van der Waals surface area contributed by atoms with Crippen molar-refractivity contribution in [2.24, 2.45) is 0 Å². The third kappa shape index (κ3) is 8.03. The molecule has 2 aliphatic rings. The number of ether oxygens (including phenoxy) is 5. The number of carbonyl (C=O) groups excluding carboxylic acids is 4. The van der Waals surface area contributed by atoms with Crippen LogP contribution in [0.2, 0.25) is 0 Å². The molecule has 1 fully saturated rings. The smallest absolute Gasteiger partial charge is 0.339 e. The topological polar surface area (TPSA) is 357 Å². The first kappa shape index (κ1) is 42.8. The molecule has 7 rings (SSSR count). The molecule has 2 heterocycles. The van der Waals surface area contributed by atoms with E-state index in [0.717, 1.165) is 17.7 Å². The Morgan fingerprint density at radius 3 is 1.76 bits per heavy atom. The largest absolute Gasteiger partial charge is 0.507 e. The number of aliphatic hydroxyl groups excluding tert-OH is 1. The fourth-order valence-corrected chi connectivity index (χ4v) is 6.96. The van der Waals surface area contributed by atoms with Crippen LogP contribution in [0.15, 0.2) is 66.7 Å². The Balaban J connectivity index is 1.29. The van der Waals surface area contributed by atoms with Crippen LogP contribution < -0.4 is 4.74 Å². The molecule has 0 bridgehead atoms. The van der Waals surface area contributed by atoms with E-state index in [1.165, 1.54) is 0 Å². The van der Waals surface area contributed by atoms with Crippen molar-refractivity contribution < 1.29 is 104 Å². The molecule has 12 N–H and O–H groups in total. The van der Waals surface area contributed by atoms with Crippen molar-refractivity contribution in [1.29, 1.82) is 0 Å². The van der Waals surface area contributed by atoms with Crippen molar-refractivity contribution in [1.82, 2.24) is 0 Å². The number of phenolic OH excluding ortho intramolecular Hbond substituents is 11. The summed E-state index contributed by atoms with van der Waals surface area (Å²) in [6.07, 6.45) is -10.5. The van der Waals surface area contributed by atoms with Gasteiger partial charge in [0, 0.05) is 29.7 Å². The summed E-state index contributed by atoms with van der Waals surface area (Å²) in [5.74, 6) is -17.9. The van der Waals surface area contributed by atoms with Crippen LogP contribution in [0, 0.1) is 0 Å². The lowest BCUT2D eigenvalue weighted by molar-refractivity contribution is -0.276.